The molecule has 1 aliphatic carbocycles. The van der Waals surface area contributed by atoms with Crippen molar-refractivity contribution in [2.75, 3.05) is 5.32 Å². The molecule has 1 aromatic carbocycles. The number of fused-ring (bicyclic) bond motifs is 2. The number of pyridine rings is 3. The lowest BCUT2D eigenvalue weighted by atomic mass is 9.87. The first-order chi connectivity index (χ1) is 20.1. The minimum atomic E-state index is -0.291. The summed E-state index contributed by atoms with van der Waals surface area (Å²) >= 11 is 0. The number of anilines is 1. The van der Waals surface area contributed by atoms with Crippen molar-refractivity contribution < 1.29 is 9.18 Å². The highest BCUT2D eigenvalue weighted by Crippen LogP contribution is 2.34. The Balaban J connectivity index is 1.20. The summed E-state index contributed by atoms with van der Waals surface area (Å²) in [5.74, 6) is 0.199. The molecule has 0 spiro atoms. The maximum atomic E-state index is 14.6. The number of carbonyl (C=O) groups is 1. The monoisotopic (exact) mass is 545 g/mol. The number of hydrogen-bond donors (Lipinski definition) is 3. The molecule has 0 bridgehead atoms. The largest absolute Gasteiger partial charge is 0.338 e. The van der Waals surface area contributed by atoms with Gasteiger partial charge in [-0.3, -0.25) is 14.9 Å². The van der Waals surface area contributed by atoms with E-state index in [-0.39, 0.29) is 11.7 Å². The molecular formula is C32H28FN7O. The summed E-state index contributed by atoms with van der Waals surface area (Å²) in [7, 11) is 0. The molecule has 6 aromatic rings. The molecule has 0 unspecified atom stereocenters. The standard InChI is InChI=1S/C32H28FN7O/c33-25-9-5-4-8-23(25)22-12-13-35-32-24(22)16-28(38-32)31-30-27(39-40-31)11-10-26(37-30)20-15-21(18-34-17-20)36-29(41)14-19-6-2-1-3-7-19/h4-5,8-13,15-19H,1-3,6-7,14H2,(H,35,38)(H,36,41)(H,39,40). The van der Waals surface area contributed by atoms with E-state index in [2.05, 4.69) is 30.5 Å². The van der Waals surface area contributed by atoms with Gasteiger partial charge < -0.3 is 10.3 Å². The van der Waals surface area contributed by atoms with Gasteiger partial charge in [0.2, 0.25) is 5.91 Å². The molecule has 1 saturated carbocycles. The average Bonchev–Trinajstić information content (AvgIpc) is 3.62. The van der Waals surface area contributed by atoms with E-state index in [9.17, 15) is 9.18 Å². The fraction of sp³-hybridized carbons (Fsp3) is 0.219. The Hall–Kier alpha value is -4.92. The molecule has 0 atom stereocenters. The Labute approximate surface area is 235 Å². The van der Waals surface area contributed by atoms with Gasteiger partial charge in [-0.1, -0.05) is 37.5 Å². The Morgan fingerprint density at radius 2 is 1.88 bits per heavy atom. The third-order valence-electron chi connectivity index (χ3n) is 7.88. The number of nitrogens with one attached hydrogen (secondary N) is 3. The lowest BCUT2D eigenvalue weighted by molar-refractivity contribution is -0.117. The van der Waals surface area contributed by atoms with Crippen molar-refractivity contribution in [3.05, 3.63) is 79.0 Å². The zero-order valence-corrected chi connectivity index (χ0v) is 22.3. The van der Waals surface area contributed by atoms with Crippen molar-refractivity contribution >= 4 is 33.7 Å². The highest BCUT2D eigenvalue weighted by atomic mass is 19.1. The van der Waals surface area contributed by atoms with E-state index in [4.69, 9.17) is 4.98 Å². The highest BCUT2D eigenvalue weighted by molar-refractivity contribution is 5.99. The van der Waals surface area contributed by atoms with E-state index in [1.807, 2.05) is 36.4 Å². The summed E-state index contributed by atoms with van der Waals surface area (Å²) in [6, 6.07) is 16.2. The zero-order valence-electron chi connectivity index (χ0n) is 22.3. The quantitative estimate of drug-likeness (QED) is 0.204. The number of rotatable bonds is 6. The number of amides is 1. The molecule has 41 heavy (non-hydrogen) atoms. The molecule has 1 aliphatic rings. The third kappa shape index (κ3) is 4.95. The number of hydrogen-bond acceptors (Lipinski definition) is 5. The van der Waals surface area contributed by atoms with E-state index in [0.29, 0.717) is 51.8 Å². The average molecular weight is 546 g/mol. The molecule has 5 heterocycles. The van der Waals surface area contributed by atoms with Crippen LogP contribution in [0.2, 0.25) is 0 Å². The number of H-pyrrole nitrogens is 2. The van der Waals surface area contributed by atoms with Crippen molar-refractivity contribution in [1.82, 2.24) is 30.1 Å². The van der Waals surface area contributed by atoms with Crippen LogP contribution in [0.25, 0.3) is 55.8 Å². The van der Waals surface area contributed by atoms with Crippen LogP contribution in [0.4, 0.5) is 10.1 Å². The van der Waals surface area contributed by atoms with Crippen LogP contribution in [0, 0.1) is 11.7 Å². The van der Waals surface area contributed by atoms with Gasteiger partial charge in [0.05, 0.1) is 28.8 Å². The minimum absolute atomic E-state index is 0.0264. The van der Waals surface area contributed by atoms with Gasteiger partial charge in [0.1, 0.15) is 22.7 Å². The summed E-state index contributed by atoms with van der Waals surface area (Å²) in [5, 5.41) is 11.4. The number of carbonyl (C=O) groups excluding carboxylic acids is 1. The van der Waals surface area contributed by atoms with Crippen molar-refractivity contribution in [2.45, 2.75) is 38.5 Å². The highest BCUT2D eigenvalue weighted by Gasteiger charge is 2.19. The van der Waals surface area contributed by atoms with Gasteiger partial charge in [-0.2, -0.15) is 5.10 Å². The van der Waals surface area contributed by atoms with Crippen LogP contribution in [0.15, 0.2) is 73.2 Å². The predicted molar refractivity (Wildman–Crippen MR) is 157 cm³/mol. The molecule has 0 aliphatic heterocycles. The molecular weight excluding hydrogens is 517 g/mol. The van der Waals surface area contributed by atoms with Crippen molar-refractivity contribution in [1.29, 1.82) is 0 Å². The summed E-state index contributed by atoms with van der Waals surface area (Å²) in [4.78, 5) is 29.7. The molecule has 7 rings (SSSR count). The first kappa shape index (κ1) is 25.1. The van der Waals surface area contributed by atoms with E-state index in [1.165, 1.54) is 25.3 Å². The molecule has 0 radical (unpaired) electrons. The third-order valence-corrected chi connectivity index (χ3v) is 7.88. The van der Waals surface area contributed by atoms with E-state index < -0.39 is 0 Å². The lowest BCUT2D eigenvalue weighted by Crippen LogP contribution is -2.18. The zero-order chi connectivity index (χ0) is 27.8. The summed E-state index contributed by atoms with van der Waals surface area (Å²) in [5.41, 5.74) is 6.83. The first-order valence-corrected chi connectivity index (χ1v) is 14.0. The van der Waals surface area contributed by atoms with E-state index >= 15 is 0 Å². The minimum Gasteiger partial charge on any atom is -0.338 e. The molecule has 3 N–H and O–H groups in total. The van der Waals surface area contributed by atoms with Crippen molar-refractivity contribution in [3.63, 3.8) is 0 Å². The van der Waals surface area contributed by atoms with Crippen LogP contribution < -0.4 is 5.32 Å². The predicted octanol–water partition coefficient (Wildman–Crippen LogP) is 7.28. The molecule has 9 heteroatoms. The number of nitrogens with zero attached hydrogens (tertiary/aromatic N) is 4. The van der Waals surface area contributed by atoms with Gasteiger partial charge in [0.25, 0.3) is 0 Å². The normalized spacial score (nSPS) is 14.1. The first-order valence-electron chi connectivity index (χ1n) is 14.0. The number of aromatic amines is 2. The molecule has 1 fully saturated rings. The Morgan fingerprint density at radius 1 is 1.00 bits per heavy atom. The van der Waals surface area contributed by atoms with Crippen LogP contribution in [-0.4, -0.2) is 36.0 Å². The van der Waals surface area contributed by atoms with Gasteiger partial charge in [-0.05, 0) is 60.7 Å². The van der Waals surface area contributed by atoms with Crippen LogP contribution in [0.3, 0.4) is 0 Å². The van der Waals surface area contributed by atoms with Crippen molar-refractivity contribution in [3.8, 4) is 33.8 Å². The Morgan fingerprint density at radius 3 is 2.76 bits per heavy atom. The van der Waals surface area contributed by atoms with Gasteiger partial charge in [-0.25, -0.2) is 14.4 Å². The van der Waals surface area contributed by atoms with Crippen LogP contribution in [0.5, 0.6) is 0 Å². The fourth-order valence-electron chi connectivity index (χ4n) is 5.83. The van der Waals surface area contributed by atoms with E-state index in [0.717, 1.165) is 34.9 Å². The SMILES string of the molecule is O=C(CC1CCCCC1)Nc1cncc(-c2ccc3[nH]nc(-c4cc5c(-c6ccccc6F)ccnc5[nH]4)c3n2)c1. The number of benzene rings is 1. The second-order valence-electron chi connectivity index (χ2n) is 10.7. The second-order valence-corrected chi connectivity index (χ2v) is 10.7. The molecule has 5 aromatic heterocycles. The Bertz CT molecular complexity index is 1890. The maximum Gasteiger partial charge on any atom is 0.224 e. The summed E-state index contributed by atoms with van der Waals surface area (Å²) in [6.45, 7) is 0. The summed E-state index contributed by atoms with van der Waals surface area (Å²) < 4.78 is 14.6. The topological polar surface area (TPSA) is 112 Å². The molecule has 1 amide bonds. The van der Waals surface area contributed by atoms with Gasteiger partial charge >= 0.3 is 0 Å². The maximum absolute atomic E-state index is 14.6. The lowest BCUT2D eigenvalue weighted by Gasteiger charge is -2.20. The number of aromatic nitrogens is 6. The van der Waals surface area contributed by atoms with E-state index in [1.54, 1.807) is 30.7 Å². The molecule has 8 nitrogen and oxygen atoms in total. The fourth-order valence-corrected chi connectivity index (χ4v) is 5.83. The van der Waals surface area contributed by atoms with Gasteiger partial charge in [0, 0.05) is 35.3 Å². The summed E-state index contributed by atoms with van der Waals surface area (Å²) in [6.07, 6.45) is 11.5. The van der Waals surface area contributed by atoms with Crippen LogP contribution >= 0.6 is 0 Å². The smallest absolute Gasteiger partial charge is 0.224 e. The molecule has 204 valence electrons. The number of halogens is 1. The van der Waals surface area contributed by atoms with Crippen LogP contribution in [0.1, 0.15) is 38.5 Å². The second kappa shape index (κ2) is 10.6. The van der Waals surface area contributed by atoms with Crippen LogP contribution in [-0.2, 0) is 4.79 Å². The molecule has 0 saturated heterocycles. The van der Waals surface area contributed by atoms with Crippen molar-refractivity contribution in [2.24, 2.45) is 5.92 Å². The van der Waals surface area contributed by atoms with Gasteiger partial charge in [0.15, 0.2) is 0 Å². The van der Waals surface area contributed by atoms with Gasteiger partial charge in [-0.15, -0.1) is 0 Å². The Kier molecular flexibility index (Phi) is 6.47.